The summed E-state index contributed by atoms with van der Waals surface area (Å²) in [7, 11) is 0. The van der Waals surface area contributed by atoms with E-state index in [1.165, 1.54) is 0 Å². The molecule has 35 heavy (non-hydrogen) atoms. The molecular formula is C21H36N4O10. The lowest BCUT2D eigenvalue weighted by atomic mass is 9.78. The van der Waals surface area contributed by atoms with Crippen molar-refractivity contribution in [2.75, 3.05) is 0 Å². The van der Waals surface area contributed by atoms with E-state index in [0.717, 1.165) is 25.0 Å². The van der Waals surface area contributed by atoms with Crippen molar-refractivity contribution in [2.24, 2.45) is 0 Å². The number of amides is 1. The molecule has 0 saturated heterocycles. The van der Waals surface area contributed by atoms with Gasteiger partial charge in [-0.25, -0.2) is 10.00 Å². The van der Waals surface area contributed by atoms with Crippen LogP contribution in [-0.2, 0) is 12.8 Å². The Kier molecular flexibility index (Phi) is 8.82. The number of carbonyl (C=O) groups excluding carboxylic acids is 1. The van der Waals surface area contributed by atoms with Crippen LogP contribution in [0.5, 0.6) is 0 Å². The van der Waals surface area contributed by atoms with Gasteiger partial charge in [0.25, 0.3) is 12.3 Å². The standard InChI is InChI=1S/C21H36N4O10/c1-4-5-8-11-18(3,29)20(32,19(30,31)12(2)22-21(33,34)35)23-16(26)15-13-9-6-7-10-14(13)25(24-15)17(27)28/h6-7,12,17,22,27-35H,4-5,8-11H2,1-3H3,(H,23,26). The summed E-state index contributed by atoms with van der Waals surface area (Å²) in [6.45, 7) is 3.87. The van der Waals surface area contributed by atoms with Gasteiger partial charge in [0.15, 0.2) is 5.69 Å². The van der Waals surface area contributed by atoms with Gasteiger partial charge in [-0.2, -0.15) is 5.10 Å². The van der Waals surface area contributed by atoms with Gasteiger partial charge >= 0.3 is 6.10 Å². The van der Waals surface area contributed by atoms with Crippen LogP contribution in [-0.4, -0.2) is 90.9 Å². The highest BCUT2D eigenvalue weighted by Crippen LogP contribution is 2.36. The van der Waals surface area contributed by atoms with Gasteiger partial charge in [-0.3, -0.25) is 4.79 Å². The smallest absolute Gasteiger partial charge is 0.343 e. The zero-order chi connectivity index (χ0) is 26.8. The first-order valence-electron chi connectivity index (χ1n) is 11.3. The van der Waals surface area contributed by atoms with E-state index >= 15 is 0 Å². The Bertz CT molecular complexity index is 922. The molecular weight excluding hydrogens is 468 g/mol. The third-order valence-electron chi connectivity index (χ3n) is 6.24. The van der Waals surface area contributed by atoms with Gasteiger partial charge in [0.1, 0.15) is 5.60 Å². The molecule has 200 valence electrons. The van der Waals surface area contributed by atoms with E-state index in [1.54, 1.807) is 17.5 Å². The molecule has 0 aromatic carbocycles. The third-order valence-corrected chi connectivity index (χ3v) is 6.24. The number of nitrogens with one attached hydrogen (secondary N) is 2. The van der Waals surface area contributed by atoms with Crippen molar-refractivity contribution in [1.82, 2.24) is 20.4 Å². The van der Waals surface area contributed by atoms with E-state index in [0.29, 0.717) is 24.1 Å². The first kappa shape index (κ1) is 29.3. The molecule has 1 heterocycles. The molecule has 1 aliphatic carbocycles. The molecule has 14 nitrogen and oxygen atoms in total. The molecule has 1 aromatic rings. The first-order chi connectivity index (χ1) is 16.0. The zero-order valence-electron chi connectivity index (χ0n) is 19.9. The third kappa shape index (κ3) is 6.06. The monoisotopic (exact) mass is 504 g/mol. The van der Waals surface area contributed by atoms with Crippen LogP contribution >= 0.6 is 0 Å². The Labute approximate surface area is 201 Å². The Morgan fingerprint density at radius 3 is 2.23 bits per heavy atom. The second kappa shape index (κ2) is 10.6. The van der Waals surface area contributed by atoms with Gasteiger partial charge in [0.2, 0.25) is 11.5 Å². The van der Waals surface area contributed by atoms with Crippen LogP contribution in [0.3, 0.4) is 0 Å². The van der Waals surface area contributed by atoms with Crippen molar-refractivity contribution in [3.63, 3.8) is 0 Å². The number of nitrogens with zero attached hydrogens (tertiary/aromatic N) is 2. The normalized spacial score (nSPS) is 18.7. The quantitative estimate of drug-likeness (QED) is 0.0774. The van der Waals surface area contributed by atoms with Crippen molar-refractivity contribution in [2.45, 2.75) is 95.0 Å². The number of hydrogen-bond acceptors (Lipinski definition) is 12. The Hall–Kier alpha value is -1.98. The van der Waals surface area contributed by atoms with E-state index in [2.05, 4.69) is 5.10 Å². The molecule has 0 spiro atoms. The van der Waals surface area contributed by atoms with Crippen LogP contribution in [0.15, 0.2) is 12.2 Å². The number of carbonyl (C=O) groups is 1. The number of fused-ring (bicyclic) bond motifs is 1. The van der Waals surface area contributed by atoms with Crippen LogP contribution in [0, 0.1) is 0 Å². The summed E-state index contributed by atoms with van der Waals surface area (Å²) in [5, 5.41) is 98.9. The predicted molar refractivity (Wildman–Crippen MR) is 119 cm³/mol. The van der Waals surface area contributed by atoms with Crippen LogP contribution in [0.1, 0.15) is 74.6 Å². The van der Waals surface area contributed by atoms with Crippen molar-refractivity contribution < 1.29 is 50.8 Å². The van der Waals surface area contributed by atoms with Gasteiger partial charge in [-0.15, -0.1) is 0 Å². The van der Waals surface area contributed by atoms with Crippen LogP contribution in [0.4, 0.5) is 0 Å². The van der Waals surface area contributed by atoms with E-state index in [9.17, 15) is 50.8 Å². The van der Waals surface area contributed by atoms with E-state index < -0.39 is 41.6 Å². The minimum Gasteiger partial charge on any atom is -0.385 e. The van der Waals surface area contributed by atoms with Crippen molar-refractivity contribution in [3.05, 3.63) is 29.1 Å². The summed E-state index contributed by atoms with van der Waals surface area (Å²) >= 11 is 0. The molecule has 0 radical (unpaired) electrons. The van der Waals surface area contributed by atoms with Crippen molar-refractivity contribution >= 4 is 5.91 Å². The lowest BCUT2D eigenvalue weighted by Crippen LogP contribution is -2.80. The molecule has 3 atom stereocenters. The first-order valence-corrected chi connectivity index (χ1v) is 11.3. The highest BCUT2D eigenvalue weighted by Gasteiger charge is 2.63. The fourth-order valence-corrected chi connectivity index (χ4v) is 4.16. The molecule has 1 aliphatic rings. The lowest BCUT2D eigenvalue weighted by Gasteiger charge is -2.50. The largest absolute Gasteiger partial charge is 0.385 e. The molecule has 0 bridgehead atoms. The summed E-state index contributed by atoms with van der Waals surface area (Å²) in [5.41, 5.74) is -5.43. The van der Waals surface area contributed by atoms with Gasteiger partial charge in [-0.1, -0.05) is 38.3 Å². The summed E-state index contributed by atoms with van der Waals surface area (Å²) < 4.78 is 0.791. The molecule has 14 heteroatoms. The fraction of sp³-hybridized carbons (Fsp3) is 0.714. The SMILES string of the molecule is CCCCCC(C)(O)C(O)(NC(=O)c1nn(C(O)O)c2c1CC=CC2)C(O)(O)C(C)NC(O)(O)O. The second-order valence-corrected chi connectivity index (χ2v) is 9.07. The van der Waals surface area contributed by atoms with Crippen LogP contribution in [0.2, 0.25) is 0 Å². The topological polar surface area (TPSA) is 241 Å². The van der Waals surface area contributed by atoms with E-state index in [-0.39, 0.29) is 25.0 Å². The molecule has 0 saturated carbocycles. The highest BCUT2D eigenvalue weighted by molar-refractivity contribution is 5.94. The molecule has 2 rings (SSSR count). The number of allylic oxidation sites excluding steroid dienone is 2. The number of rotatable bonds is 12. The maximum absolute atomic E-state index is 13.3. The summed E-state index contributed by atoms with van der Waals surface area (Å²) in [6, 6.07) is -1.95. The maximum atomic E-state index is 13.3. The summed E-state index contributed by atoms with van der Waals surface area (Å²) in [4.78, 5) is 13.3. The minimum absolute atomic E-state index is 0.180. The summed E-state index contributed by atoms with van der Waals surface area (Å²) in [6.07, 6.45) is -0.398. The number of aliphatic hydroxyl groups excluding tert-OH is 1. The van der Waals surface area contributed by atoms with Crippen LogP contribution < -0.4 is 10.6 Å². The Balaban J connectivity index is 2.53. The second-order valence-electron chi connectivity index (χ2n) is 9.07. The lowest BCUT2D eigenvalue weighted by molar-refractivity contribution is -0.376. The molecule has 1 aromatic heterocycles. The molecule has 11 N–H and O–H groups in total. The van der Waals surface area contributed by atoms with Crippen molar-refractivity contribution in [3.8, 4) is 0 Å². The Morgan fingerprint density at radius 1 is 1.09 bits per heavy atom. The number of unbranched alkanes of at least 4 members (excludes halogenated alkanes) is 2. The Morgan fingerprint density at radius 2 is 1.69 bits per heavy atom. The van der Waals surface area contributed by atoms with Crippen LogP contribution in [0.25, 0.3) is 0 Å². The van der Waals surface area contributed by atoms with Gasteiger partial charge in [0.05, 0.1) is 11.7 Å². The number of aliphatic hydroxyl groups is 9. The molecule has 3 unspecified atom stereocenters. The predicted octanol–water partition coefficient (Wildman–Crippen LogP) is -3.02. The summed E-state index contributed by atoms with van der Waals surface area (Å²) in [5.74, 6) is -4.69. The zero-order valence-corrected chi connectivity index (χ0v) is 19.9. The minimum atomic E-state index is -3.59. The molecule has 1 amide bonds. The van der Waals surface area contributed by atoms with Gasteiger partial charge in [-0.05, 0) is 26.7 Å². The molecule has 0 fully saturated rings. The van der Waals surface area contributed by atoms with E-state index in [4.69, 9.17) is 0 Å². The van der Waals surface area contributed by atoms with Gasteiger partial charge in [0, 0.05) is 12.0 Å². The highest BCUT2D eigenvalue weighted by atomic mass is 16.7. The average molecular weight is 505 g/mol. The fourth-order valence-electron chi connectivity index (χ4n) is 4.16. The number of aromatic nitrogens is 2. The van der Waals surface area contributed by atoms with Crippen molar-refractivity contribution in [1.29, 1.82) is 0 Å². The molecule has 0 aliphatic heterocycles. The maximum Gasteiger partial charge on any atom is 0.343 e. The number of hydrogen-bond donors (Lipinski definition) is 11. The van der Waals surface area contributed by atoms with E-state index in [1.807, 2.05) is 12.2 Å². The van der Waals surface area contributed by atoms with Gasteiger partial charge < -0.3 is 51.3 Å². The average Bonchev–Trinajstić information content (AvgIpc) is 3.12.